The molecule has 0 spiro atoms. The number of hydrogen-bond acceptors (Lipinski definition) is 1. The number of nitrogens with one attached hydrogen (secondary N) is 1. The predicted molar refractivity (Wildman–Crippen MR) is 94.7 cm³/mol. The second-order valence-corrected chi connectivity index (χ2v) is 5.59. The molecule has 22 heavy (non-hydrogen) atoms. The van der Waals surface area contributed by atoms with Crippen molar-refractivity contribution in [1.29, 1.82) is 0 Å². The van der Waals surface area contributed by atoms with Gasteiger partial charge in [0.2, 0.25) is 0 Å². The number of alkyl halides is 3. The predicted octanol–water partition coefficient (Wildman–Crippen LogP) is 3.92. The average molecular weight is 429 g/mol. The second kappa shape index (κ2) is 8.59. The first-order valence-electron chi connectivity index (χ1n) is 6.88. The molecular weight excluding hydrogens is 406 g/mol. The minimum absolute atomic E-state index is 0. The van der Waals surface area contributed by atoms with Crippen LogP contribution in [0.5, 0.6) is 0 Å². The average Bonchev–Trinajstić information content (AvgIpc) is 2.42. The molecule has 0 aromatic heterocycles. The number of benzene rings is 1. The summed E-state index contributed by atoms with van der Waals surface area (Å²) in [7, 11) is 0. The lowest BCUT2D eigenvalue weighted by atomic mass is 9.84. The Bertz CT molecular complexity index is 499. The van der Waals surface area contributed by atoms with Gasteiger partial charge in [-0.05, 0) is 18.1 Å². The lowest BCUT2D eigenvalue weighted by Gasteiger charge is -2.24. The Kier molecular flexibility index (Phi) is 8.21. The summed E-state index contributed by atoms with van der Waals surface area (Å²) in [5, 5.41) is 2.94. The molecule has 0 bridgehead atoms. The topological polar surface area (TPSA) is 50.4 Å². The largest absolute Gasteiger partial charge is 0.416 e. The highest BCUT2D eigenvalue weighted by atomic mass is 127. The van der Waals surface area contributed by atoms with E-state index >= 15 is 0 Å². The zero-order valence-electron chi connectivity index (χ0n) is 13.0. The van der Waals surface area contributed by atoms with Crippen molar-refractivity contribution in [1.82, 2.24) is 5.32 Å². The highest BCUT2D eigenvalue weighted by molar-refractivity contribution is 14.0. The van der Waals surface area contributed by atoms with Gasteiger partial charge in [-0.2, -0.15) is 13.2 Å². The van der Waals surface area contributed by atoms with Gasteiger partial charge in [0.15, 0.2) is 5.96 Å². The number of hydrogen-bond donors (Lipinski definition) is 2. The number of nitrogens with zero attached hydrogens (tertiary/aromatic N) is 1. The quantitative estimate of drug-likeness (QED) is 0.424. The van der Waals surface area contributed by atoms with Gasteiger partial charge in [-0.25, -0.2) is 0 Å². The third-order valence-electron chi connectivity index (χ3n) is 3.17. The van der Waals surface area contributed by atoms with Crippen LogP contribution in [0.25, 0.3) is 0 Å². The van der Waals surface area contributed by atoms with Crippen LogP contribution in [0.2, 0.25) is 0 Å². The van der Waals surface area contributed by atoms with Gasteiger partial charge in [0.05, 0.1) is 12.1 Å². The molecule has 0 radical (unpaired) electrons. The zero-order chi connectivity index (χ0) is 16.1. The smallest absolute Gasteiger partial charge is 0.370 e. The van der Waals surface area contributed by atoms with Crippen molar-refractivity contribution in [2.45, 2.75) is 38.8 Å². The summed E-state index contributed by atoms with van der Waals surface area (Å²) < 4.78 is 38.3. The molecule has 0 fully saturated rings. The highest BCUT2D eigenvalue weighted by Gasteiger charge is 2.32. The molecule has 0 atom stereocenters. The van der Waals surface area contributed by atoms with Crippen LogP contribution in [0, 0.1) is 0 Å². The number of halogens is 4. The molecule has 1 aromatic carbocycles. The zero-order valence-corrected chi connectivity index (χ0v) is 15.3. The van der Waals surface area contributed by atoms with Crippen LogP contribution in [0.3, 0.4) is 0 Å². The Morgan fingerprint density at radius 2 is 1.82 bits per heavy atom. The van der Waals surface area contributed by atoms with Gasteiger partial charge in [0.1, 0.15) is 0 Å². The summed E-state index contributed by atoms with van der Waals surface area (Å²) in [6.45, 7) is 6.74. The molecule has 0 heterocycles. The standard InChI is InChI=1S/C15H22F3N3.HI/c1-4-8-20-13(19)21-10-14(2,3)11-6-5-7-12(9-11)15(16,17)18;/h5-7,9H,4,8,10H2,1-3H3,(H3,19,20,21);1H. The Morgan fingerprint density at radius 1 is 1.23 bits per heavy atom. The van der Waals surface area contributed by atoms with E-state index in [2.05, 4.69) is 10.3 Å². The molecule has 0 aliphatic rings. The Balaban J connectivity index is 0.00000441. The molecule has 3 nitrogen and oxygen atoms in total. The summed E-state index contributed by atoms with van der Waals surface area (Å²) in [5.41, 5.74) is 5.12. The minimum Gasteiger partial charge on any atom is -0.370 e. The molecule has 0 aliphatic heterocycles. The van der Waals surface area contributed by atoms with Crippen LogP contribution in [0.4, 0.5) is 13.2 Å². The van der Waals surface area contributed by atoms with Crippen LogP contribution in [0.1, 0.15) is 38.3 Å². The lowest BCUT2D eigenvalue weighted by molar-refractivity contribution is -0.137. The van der Waals surface area contributed by atoms with E-state index in [0.717, 1.165) is 19.0 Å². The van der Waals surface area contributed by atoms with Crippen LogP contribution in [-0.2, 0) is 11.6 Å². The fourth-order valence-corrected chi connectivity index (χ4v) is 1.80. The molecule has 0 saturated heterocycles. The fraction of sp³-hybridized carbons (Fsp3) is 0.533. The molecule has 7 heteroatoms. The minimum atomic E-state index is -4.34. The number of aliphatic imine (C=N–C) groups is 1. The van der Waals surface area contributed by atoms with Crippen LogP contribution < -0.4 is 11.1 Å². The van der Waals surface area contributed by atoms with E-state index in [9.17, 15) is 13.2 Å². The van der Waals surface area contributed by atoms with Gasteiger partial charge >= 0.3 is 6.18 Å². The van der Waals surface area contributed by atoms with Gasteiger partial charge in [-0.15, -0.1) is 24.0 Å². The molecular formula is C15H23F3IN3. The van der Waals surface area contributed by atoms with Gasteiger partial charge in [0.25, 0.3) is 0 Å². The van der Waals surface area contributed by atoms with Crippen molar-refractivity contribution in [3.63, 3.8) is 0 Å². The van der Waals surface area contributed by atoms with Crippen molar-refractivity contribution < 1.29 is 13.2 Å². The molecule has 1 aromatic rings. The third kappa shape index (κ3) is 6.41. The van der Waals surface area contributed by atoms with Gasteiger partial charge < -0.3 is 11.1 Å². The molecule has 126 valence electrons. The fourth-order valence-electron chi connectivity index (χ4n) is 1.80. The normalized spacial score (nSPS) is 12.7. The highest BCUT2D eigenvalue weighted by Crippen LogP contribution is 2.32. The van der Waals surface area contributed by atoms with Gasteiger partial charge in [-0.1, -0.05) is 39.0 Å². The van der Waals surface area contributed by atoms with Crippen LogP contribution in [-0.4, -0.2) is 19.0 Å². The molecule has 3 N–H and O–H groups in total. The van der Waals surface area contributed by atoms with Crippen LogP contribution in [0.15, 0.2) is 29.3 Å². The van der Waals surface area contributed by atoms with Crippen molar-refractivity contribution in [2.75, 3.05) is 13.1 Å². The van der Waals surface area contributed by atoms with Crippen LogP contribution >= 0.6 is 24.0 Å². The van der Waals surface area contributed by atoms with Crippen molar-refractivity contribution >= 4 is 29.9 Å². The molecule has 0 amide bonds. The summed E-state index contributed by atoms with van der Waals surface area (Å²) in [6, 6.07) is 5.34. The van der Waals surface area contributed by atoms with Crippen molar-refractivity contribution in [3.8, 4) is 0 Å². The molecule has 1 rings (SSSR count). The Morgan fingerprint density at radius 3 is 2.36 bits per heavy atom. The summed E-state index contributed by atoms with van der Waals surface area (Å²) in [5.74, 6) is 0.317. The second-order valence-electron chi connectivity index (χ2n) is 5.59. The maximum atomic E-state index is 12.8. The maximum absolute atomic E-state index is 12.8. The monoisotopic (exact) mass is 429 g/mol. The first kappa shape index (κ1) is 21.0. The summed E-state index contributed by atoms with van der Waals surface area (Å²) >= 11 is 0. The first-order chi connectivity index (χ1) is 9.66. The van der Waals surface area contributed by atoms with E-state index < -0.39 is 17.2 Å². The van der Waals surface area contributed by atoms with Crippen molar-refractivity contribution in [2.24, 2.45) is 10.7 Å². The van der Waals surface area contributed by atoms with E-state index in [0.29, 0.717) is 18.1 Å². The van der Waals surface area contributed by atoms with E-state index in [4.69, 9.17) is 5.73 Å². The van der Waals surface area contributed by atoms with Crippen molar-refractivity contribution in [3.05, 3.63) is 35.4 Å². The summed E-state index contributed by atoms with van der Waals surface area (Å²) in [6.07, 6.45) is -3.41. The van der Waals surface area contributed by atoms with E-state index in [1.165, 1.54) is 12.1 Å². The number of rotatable bonds is 5. The summed E-state index contributed by atoms with van der Waals surface area (Å²) in [4.78, 5) is 4.20. The Labute approximate surface area is 146 Å². The molecule has 0 aliphatic carbocycles. The SMILES string of the molecule is CCCNC(N)=NCC(C)(C)c1cccc(C(F)(F)F)c1.I. The van der Waals surface area contributed by atoms with Gasteiger partial charge in [0, 0.05) is 12.0 Å². The van der Waals surface area contributed by atoms with Gasteiger partial charge in [-0.3, -0.25) is 4.99 Å². The molecule has 0 saturated carbocycles. The Hall–Kier alpha value is -0.990. The maximum Gasteiger partial charge on any atom is 0.416 e. The lowest BCUT2D eigenvalue weighted by Crippen LogP contribution is -2.34. The third-order valence-corrected chi connectivity index (χ3v) is 3.17. The molecule has 0 unspecified atom stereocenters. The first-order valence-corrected chi connectivity index (χ1v) is 6.88. The number of guanidine groups is 1. The van der Waals surface area contributed by atoms with E-state index in [1.54, 1.807) is 6.07 Å². The van der Waals surface area contributed by atoms with E-state index in [-0.39, 0.29) is 24.0 Å². The van der Waals surface area contributed by atoms with E-state index in [1.807, 2.05) is 20.8 Å². The number of nitrogens with two attached hydrogens (primary N) is 1.